The molecule has 0 aromatic rings. The Morgan fingerprint density at radius 3 is 1.29 bits per heavy atom. The smallest absolute Gasteiger partial charge is 0.407 e. The maximum atomic E-state index is 10.7. The SMILES string of the molecule is CCCCCCNC(=O)OCC.CCCCCCNC(=O)OCC.OCCCCC#CC#CCCCCO. The van der Waals surface area contributed by atoms with Gasteiger partial charge in [0.1, 0.15) is 0 Å². The predicted molar refractivity (Wildman–Crippen MR) is 156 cm³/mol. The van der Waals surface area contributed by atoms with Crippen molar-refractivity contribution in [1.29, 1.82) is 0 Å². The minimum atomic E-state index is -0.297. The number of amides is 2. The largest absolute Gasteiger partial charge is 0.450 e. The zero-order valence-electron chi connectivity index (χ0n) is 24.7. The molecule has 0 radical (unpaired) electrons. The standard InChI is InChI=1S/C12H18O2.2C9H19NO2/c13-11-9-7-5-3-1-2-4-6-8-10-12-14;2*1-3-5-6-7-8-10-9(11)12-4-2/h13-14H,5-12H2;2*3-8H2,1-2H3,(H,10,11). The highest BCUT2D eigenvalue weighted by Gasteiger charge is 1.98. The average molecular weight is 541 g/mol. The second-order valence-electron chi connectivity index (χ2n) is 8.38. The van der Waals surface area contributed by atoms with Crippen LogP contribution in [0.15, 0.2) is 0 Å². The molecule has 38 heavy (non-hydrogen) atoms. The van der Waals surface area contributed by atoms with E-state index in [9.17, 15) is 9.59 Å². The van der Waals surface area contributed by atoms with Crippen LogP contribution in [0.25, 0.3) is 0 Å². The zero-order valence-corrected chi connectivity index (χ0v) is 24.7. The molecule has 0 heterocycles. The first kappa shape index (κ1) is 40.1. The Morgan fingerprint density at radius 1 is 0.579 bits per heavy atom. The Labute approximate surface area is 233 Å². The maximum absolute atomic E-state index is 10.7. The van der Waals surface area contributed by atoms with Gasteiger partial charge in [0.05, 0.1) is 13.2 Å². The minimum Gasteiger partial charge on any atom is -0.450 e. The number of hydrogen-bond acceptors (Lipinski definition) is 6. The maximum Gasteiger partial charge on any atom is 0.407 e. The number of aliphatic hydroxyl groups excluding tert-OH is 2. The van der Waals surface area contributed by atoms with Crippen LogP contribution in [-0.4, -0.2) is 61.9 Å². The van der Waals surface area contributed by atoms with Crippen molar-refractivity contribution in [3.8, 4) is 23.7 Å². The molecule has 0 spiro atoms. The molecule has 0 fully saturated rings. The van der Waals surface area contributed by atoms with Crippen LogP contribution >= 0.6 is 0 Å². The Morgan fingerprint density at radius 2 is 0.974 bits per heavy atom. The molecule has 2 amide bonds. The van der Waals surface area contributed by atoms with Crippen molar-refractivity contribution < 1.29 is 29.3 Å². The van der Waals surface area contributed by atoms with E-state index in [2.05, 4.69) is 48.2 Å². The summed E-state index contributed by atoms with van der Waals surface area (Å²) in [4.78, 5) is 21.5. The molecule has 0 saturated carbocycles. The second-order valence-corrected chi connectivity index (χ2v) is 8.38. The first-order valence-corrected chi connectivity index (χ1v) is 14.5. The number of aliphatic hydroxyl groups is 2. The Kier molecular flexibility index (Phi) is 41.2. The fourth-order valence-electron chi connectivity index (χ4n) is 2.71. The van der Waals surface area contributed by atoms with E-state index in [-0.39, 0.29) is 25.4 Å². The van der Waals surface area contributed by atoms with E-state index in [1.54, 1.807) is 13.8 Å². The van der Waals surface area contributed by atoms with E-state index in [1.165, 1.54) is 38.5 Å². The van der Waals surface area contributed by atoms with Gasteiger partial charge in [-0.1, -0.05) is 64.2 Å². The van der Waals surface area contributed by atoms with Crippen molar-refractivity contribution in [2.45, 2.75) is 118 Å². The fraction of sp³-hybridized carbons (Fsp3) is 0.800. The number of unbranched alkanes of at least 4 members (excludes halogenated alkanes) is 10. The van der Waals surface area contributed by atoms with Crippen LogP contribution in [0.2, 0.25) is 0 Å². The lowest BCUT2D eigenvalue weighted by Crippen LogP contribution is -2.25. The van der Waals surface area contributed by atoms with Crippen LogP contribution in [0.5, 0.6) is 0 Å². The van der Waals surface area contributed by atoms with Gasteiger partial charge in [-0.25, -0.2) is 9.59 Å². The summed E-state index contributed by atoms with van der Waals surface area (Å²) in [7, 11) is 0. The molecule has 8 nitrogen and oxygen atoms in total. The van der Waals surface area contributed by atoms with Gasteiger partial charge in [-0.2, -0.15) is 0 Å². The average Bonchev–Trinajstić information content (AvgIpc) is 2.91. The third-order valence-corrected chi connectivity index (χ3v) is 4.81. The van der Waals surface area contributed by atoms with Crippen LogP contribution in [-0.2, 0) is 9.47 Å². The van der Waals surface area contributed by atoms with Crippen molar-refractivity contribution in [2.24, 2.45) is 0 Å². The molecule has 0 aliphatic rings. The number of hydrogen-bond donors (Lipinski definition) is 4. The second kappa shape index (κ2) is 39.1. The Balaban J connectivity index is -0.000000486. The Bertz CT molecular complexity index is 566. The van der Waals surface area contributed by atoms with Crippen LogP contribution in [0.3, 0.4) is 0 Å². The number of ether oxygens (including phenoxy) is 2. The fourth-order valence-corrected chi connectivity index (χ4v) is 2.71. The highest BCUT2D eigenvalue weighted by Crippen LogP contribution is 1.97. The molecule has 0 atom stereocenters. The highest BCUT2D eigenvalue weighted by atomic mass is 16.6. The summed E-state index contributed by atoms with van der Waals surface area (Å²) in [6, 6.07) is 0. The molecular formula is C30H56N2O6. The minimum absolute atomic E-state index is 0.245. The van der Waals surface area contributed by atoms with Gasteiger partial charge >= 0.3 is 12.2 Å². The van der Waals surface area contributed by atoms with Crippen molar-refractivity contribution in [1.82, 2.24) is 10.6 Å². The van der Waals surface area contributed by atoms with Gasteiger partial charge in [-0.05, 0) is 64.2 Å². The quantitative estimate of drug-likeness (QED) is 0.126. The number of alkyl carbamates (subject to hydrolysis) is 2. The molecule has 0 rings (SSSR count). The Hall–Kier alpha value is -2.42. The lowest BCUT2D eigenvalue weighted by Gasteiger charge is -2.03. The molecular weight excluding hydrogens is 484 g/mol. The number of carbonyl (C=O) groups is 2. The van der Waals surface area contributed by atoms with Gasteiger partial charge in [0.25, 0.3) is 0 Å². The van der Waals surface area contributed by atoms with Crippen LogP contribution in [0, 0.1) is 23.7 Å². The van der Waals surface area contributed by atoms with Crippen LogP contribution < -0.4 is 10.6 Å². The van der Waals surface area contributed by atoms with E-state index in [4.69, 9.17) is 19.7 Å². The lowest BCUT2D eigenvalue weighted by atomic mass is 10.2. The lowest BCUT2D eigenvalue weighted by molar-refractivity contribution is 0.151. The van der Waals surface area contributed by atoms with Gasteiger partial charge < -0.3 is 30.3 Å². The molecule has 0 aromatic heterocycles. The zero-order chi connectivity index (χ0) is 29.0. The summed E-state index contributed by atoms with van der Waals surface area (Å²) in [6.45, 7) is 10.8. The number of nitrogens with one attached hydrogen (secondary N) is 2. The molecule has 0 aliphatic heterocycles. The van der Waals surface area contributed by atoms with Gasteiger partial charge in [0, 0.05) is 39.1 Å². The molecule has 8 heteroatoms. The molecule has 0 saturated heterocycles. The molecule has 4 N–H and O–H groups in total. The highest BCUT2D eigenvalue weighted by molar-refractivity contribution is 5.67. The molecule has 0 aromatic carbocycles. The summed E-state index contributed by atoms with van der Waals surface area (Å²) in [6.07, 6.45) is 13.9. The first-order valence-electron chi connectivity index (χ1n) is 14.5. The van der Waals surface area contributed by atoms with Crippen molar-refractivity contribution in [2.75, 3.05) is 39.5 Å². The first-order chi connectivity index (χ1) is 18.5. The van der Waals surface area contributed by atoms with E-state index in [1.807, 2.05) is 0 Å². The van der Waals surface area contributed by atoms with Crippen molar-refractivity contribution in [3.63, 3.8) is 0 Å². The van der Waals surface area contributed by atoms with Crippen LogP contribution in [0.1, 0.15) is 118 Å². The third-order valence-electron chi connectivity index (χ3n) is 4.81. The molecule has 222 valence electrons. The van der Waals surface area contributed by atoms with Crippen LogP contribution in [0.4, 0.5) is 9.59 Å². The van der Waals surface area contributed by atoms with Gasteiger partial charge in [-0.15, -0.1) is 0 Å². The summed E-state index contributed by atoms with van der Waals surface area (Å²) in [5, 5.41) is 22.3. The summed E-state index contributed by atoms with van der Waals surface area (Å²) >= 11 is 0. The molecule has 0 aliphatic carbocycles. The van der Waals surface area contributed by atoms with Gasteiger partial charge in [-0.3, -0.25) is 0 Å². The molecule has 0 bridgehead atoms. The van der Waals surface area contributed by atoms with E-state index < -0.39 is 0 Å². The third kappa shape index (κ3) is 43.6. The van der Waals surface area contributed by atoms with Gasteiger partial charge in [0.2, 0.25) is 0 Å². The topological polar surface area (TPSA) is 117 Å². The van der Waals surface area contributed by atoms with E-state index in [0.29, 0.717) is 13.2 Å². The monoisotopic (exact) mass is 540 g/mol. The van der Waals surface area contributed by atoms with E-state index >= 15 is 0 Å². The number of rotatable bonds is 18. The van der Waals surface area contributed by atoms with Crippen molar-refractivity contribution in [3.05, 3.63) is 0 Å². The van der Waals surface area contributed by atoms with E-state index in [0.717, 1.165) is 64.5 Å². The van der Waals surface area contributed by atoms with Gasteiger partial charge in [0.15, 0.2) is 0 Å². The normalized spacial score (nSPS) is 9.11. The summed E-state index contributed by atoms with van der Waals surface area (Å²) in [5.41, 5.74) is 0. The number of carbonyl (C=O) groups excluding carboxylic acids is 2. The van der Waals surface area contributed by atoms with Crippen molar-refractivity contribution >= 4 is 12.2 Å². The predicted octanol–water partition coefficient (Wildman–Crippen LogP) is 5.94. The summed E-state index contributed by atoms with van der Waals surface area (Å²) in [5.74, 6) is 11.4. The molecule has 0 unspecified atom stereocenters. The summed E-state index contributed by atoms with van der Waals surface area (Å²) < 4.78 is 9.40.